The Balaban J connectivity index is 1.49. The Morgan fingerprint density at radius 1 is 0.929 bits per heavy atom. The number of nitrogens with zero attached hydrogens (tertiary/aromatic N) is 2. The number of H-pyrrole nitrogens is 1. The quantitative estimate of drug-likeness (QED) is 0.521. The molecule has 0 bridgehead atoms. The fraction of sp³-hybridized carbons (Fsp3) is 0. The molecule has 0 saturated carbocycles. The van der Waals surface area contributed by atoms with Crippen molar-refractivity contribution >= 4 is 46.3 Å². The molecule has 2 aromatic heterocycles. The summed E-state index contributed by atoms with van der Waals surface area (Å²) in [4.78, 5) is 16.6. The molecule has 5 nitrogen and oxygen atoms in total. The second-order valence-corrected chi connectivity index (χ2v) is 6.56. The van der Waals surface area contributed by atoms with Crippen molar-refractivity contribution in [1.82, 2.24) is 15.2 Å². The Morgan fingerprint density at radius 3 is 2.71 bits per heavy atom. The van der Waals surface area contributed by atoms with Crippen molar-refractivity contribution in [2.75, 3.05) is 5.32 Å². The topological polar surface area (TPSA) is 70.7 Å². The van der Waals surface area contributed by atoms with E-state index >= 15 is 0 Å². The predicted octanol–water partition coefficient (Wildman–Crippen LogP) is 4.62. The number of anilines is 1. The van der Waals surface area contributed by atoms with Gasteiger partial charge in [-0.2, -0.15) is 5.10 Å². The van der Waals surface area contributed by atoms with Crippen LogP contribution >= 0.6 is 0 Å². The standard InChI is InChI=1S/C23H16N4O/c28-23-19(17-6-1-2-7-20(17)25-23)13-15-8-10-18-21(26-27-22(18)14-15)11-9-16-5-3-4-12-24-16/h1-14H,(H,25,28)(H,26,27)/b11-9+,19-13?. The summed E-state index contributed by atoms with van der Waals surface area (Å²) in [5.41, 5.74) is 6.04. The second-order valence-electron chi connectivity index (χ2n) is 6.56. The van der Waals surface area contributed by atoms with E-state index in [0.29, 0.717) is 5.57 Å². The van der Waals surface area contributed by atoms with Gasteiger partial charge >= 0.3 is 0 Å². The number of amides is 1. The largest absolute Gasteiger partial charge is 0.321 e. The van der Waals surface area contributed by atoms with E-state index in [9.17, 15) is 4.79 Å². The number of para-hydroxylation sites is 1. The summed E-state index contributed by atoms with van der Waals surface area (Å²) < 4.78 is 0. The first kappa shape index (κ1) is 16.2. The zero-order valence-electron chi connectivity index (χ0n) is 14.9. The van der Waals surface area contributed by atoms with E-state index in [1.807, 2.05) is 78.9 Å². The van der Waals surface area contributed by atoms with Crippen LogP contribution in [0, 0.1) is 0 Å². The van der Waals surface area contributed by atoms with E-state index in [-0.39, 0.29) is 5.91 Å². The predicted molar refractivity (Wildman–Crippen MR) is 112 cm³/mol. The van der Waals surface area contributed by atoms with Crippen molar-refractivity contribution < 1.29 is 4.79 Å². The van der Waals surface area contributed by atoms with E-state index in [0.717, 1.165) is 39.1 Å². The summed E-state index contributed by atoms with van der Waals surface area (Å²) in [6, 6.07) is 19.5. The lowest BCUT2D eigenvalue weighted by Crippen LogP contribution is -2.03. The van der Waals surface area contributed by atoms with E-state index in [1.165, 1.54) is 0 Å². The van der Waals surface area contributed by atoms with Gasteiger partial charge in [0.05, 0.1) is 16.9 Å². The highest BCUT2D eigenvalue weighted by Crippen LogP contribution is 2.33. The Kier molecular flexibility index (Phi) is 3.84. The van der Waals surface area contributed by atoms with Gasteiger partial charge < -0.3 is 5.32 Å². The molecule has 0 spiro atoms. The summed E-state index contributed by atoms with van der Waals surface area (Å²) in [6.45, 7) is 0. The van der Waals surface area contributed by atoms with Crippen LogP contribution in [-0.4, -0.2) is 21.1 Å². The first-order valence-electron chi connectivity index (χ1n) is 8.98. The Hall–Kier alpha value is -3.99. The molecule has 2 aromatic carbocycles. The fourth-order valence-electron chi connectivity index (χ4n) is 3.36. The molecule has 0 saturated heterocycles. The summed E-state index contributed by atoms with van der Waals surface area (Å²) >= 11 is 0. The van der Waals surface area contributed by atoms with Crippen LogP contribution in [0.4, 0.5) is 5.69 Å². The molecule has 2 N–H and O–H groups in total. The molecule has 134 valence electrons. The van der Waals surface area contributed by atoms with E-state index < -0.39 is 0 Å². The normalized spacial score (nSPS) is 14.7. The van der Waals surface area contributed by atoms with Crippen molar-refractivity contribution in [1.29, 1.82) is 0 Å². The van der Waals surface area contributed by atoms with Gasteiger partial charge in [-0.3, -0.25) is 14.9 Å². The smallest absolute Gasteiger partial charge is 0.256 e. The number of nitrogens with one attached hydrogen (secondary N) is 2. The molecule has 1 aliphatic rings. The highest BCUT2D eigenvalue weighted by molar-refractivity contribution is 6.34. The Labute approximate surface area is 161 Å². The number of aromatic amines is 1. The van der Waals surface area contributed by atoms with Gasteiger partial charge in [-0.15, -0.1) is 0 Å². The van der Waals surface area contributed by atoms with Gasteiger partial charge in [-0.05, 0) is 54.1 Å². The molecule has 0 fully saturated rings. The van der Waals surface area contributed by atoms with Crippen LogP contribution in [0.3, 0.4) is 0 Å². The SMILES string of the molecule is O=C1Nc2ccccc2C1=Cc1ccc2c(/C=C/c3ccccn3)n[nH]c2c1. The lowest BCUT2D eigenvalue weighted by atomic mass is 10.0. The molecular weight excluding hydrogens is 348 g/mol. The van der Waals surface area contributed by atoms with Crippen molar-refractivity contribution in [3.05, 3.63) is 89.4 Å². The van der Waals surface area contributed by atoms with Crippen LogP contribution in [-0.2, 0) is 4.79 Å². The molecule has 3 heterocycles. The average molecular weight is 364 g/mol. The number of hydrogen-bond donors (Lipinski definition) is 2. The van der Waals surface area contributed by atoms with Crippen LogP contribution in [0.2, 0.25) is 0 Å². The van der Waals surface area contributed by atoms with Crippen LogP contribution in [0.15, 0.2) is 66.9 Å². The fourth-order valence-corrected chi connectivity index (χ4v) is 3.36. The number of carbonyl (C=O) groups excluding carboxylic acids is 1. The molecule has 0 unspecified atom stereocenters. The van der Waals surface area contributed by atoms with Crippen molar-refractivity contribution in [2.45, 2.75) is 0 Å². The first-order valence-corrected chi connectivity index (χ1v) is 8.98. The van der Waals surface area contributed by atoms with E-state index in [2.05, 4.69) is 20.5 Å². The van der Waals surface area contributed by atoms with E-state index in [4.69, 9.17) is 0 Å². The minimum absolute atomic E-state index is 0.0788. The van der Waals surface area contributed by atoms with Crippen molar-refractivity contribution in [3.8, 4) is 0 Å². The van der Waals surface area contributed by atoms with Crippen LogP contribution in [0.25, 0.3) is 34.7 Å². The number of carbonyl (C=O) groups is 1. The molecule has 0 aliphatic carbocycles. The number of fused-ring (bicyclic) bond motifs is 2. The highest BCUT2D eigenvalue weighted by Gasteiger charge is 2.23. The average Bonchev–Trinajstić information content (AvgIpc) is 3.28. The van der Waals surface area contributed by atoms with Gasteiger partial charge in [-0.25, -0.2) is 0 Å². The summed E-state index contributed by atoms with van der Waals surface area (Å²) in [6.07, 6.45) is 7.55. The molecular formula is C23H16N4O. The zero-order chi connectivity index (χ0) is 18.9. The Morgan fingerprint density at radius 2 is 1.82 bits per heavy atom. The minimum atomic E-state index is -0.0788. The molecule has 28 heavy (non-hydrogen) atoms. The third-order valence-corrected chi connectivity index (χ3v) is 4.74. The molecule has 0 atom stereocenters. The Bertz CT molecular complexity index is 1250. The molecule has 1 amide bonds. The van der Waals surface area contributed by atoms with Gasteiger partial charge in [0.1, 0.15) is 0 Å². The lowest BCUT2D eigenvalue weighted by Gasteiger charge is -1.99. The highest BCUT2D eigenvalue weighted by atomic mass is 16.2. The number of pyridine rings is 1. The lowest BCUT2D eigenvalue weighted by molar-refractivity contribution is -0.110. The van der Waals surface area contributed by atoms with Gasteiger partial charge in [-0.1, -0.05) is 30.3 Å². The molecule has 5 heteroatoms. The third kappa shape index (κ3) is 2.89. The van der Waals surface area contributed by atoms with Gasteiger partial charge in [0.25, 0.3) is 5.91 Å². The summed E-state index contributed by atoms with van der Waals surface area (Å²) in [5.74, 6) is -0.0788. The monoisotopic (exact) mass is 364 g/mol. The molecule has 4 aromatic rings. The van der Waals surface area contributed by atoms with Gasteiger partial charge in [0.15, 0.2) is 0 Å². The number of aromatic nitrogens is 3. The minimum Gasteiger partial charge on any atom is -0.321 e. The zero-order valence-corrected chi connectivity index (χ0v) is 14.9. The summed E-state index contributed by atoms with van der Waals surface area (Å²) in [5, 5.41) is 11.4. The number of rotatable bonds is 3. The van der Waals surface area contributed by atoms with E-state index in [1.54, 1.807) is 6.20 Å². The molecule has 5 rings (SSSR count). The first-order chi connectivity index (χ1) is 13.8. The number of benzene rings is 2. The summed E-state index contributed by atoms with van der Waals surface area (Å²) in [7, 11) is 0. The number of hydrogen-bond acceptors (Lipinski definition) is 3. The van der Waals surface area contributed by atoms with Gasteiger partial charge in [0.2, 0.25) is 0 Å². The third-order valence-electron chi connectivity index (χ3n) is 4.74. The molecule has 0 radical (unpaired) electrons. The van der Waals surface area contributed by atoms with Gasteiger partial charge in [0, 0.05) is 28.4 Å². The van der Waals surface area contributed by atoms with Crippen molar-refractivity contribution in [3.63, 3.8) is 0 Å². The maximum absolute atomic E-state index is 12.3. The maximum atomic E-state index is 12.3. The maximum Gasteiger partial charge on any atom is 0.256 e. The van der Waals surface area contributed by atoms with Crippen LogP contribution in [0.1, 0.15) is 22.5 Å². The molecule has 1 aliphatic heterocycles. The second kappa shape index (κ2) is 6.63. The van der Waals surface area contributed by atoms with Crippen LogP contribution < -0.4 is 5.32 Å². The van der Waals surface area contributed by atoms with Crippen molar-refractivity contribution in [2.24, 2.45) is 0 Å². The van der Waals surface area contributed by atoms with Crippen LogP contribution in [0.5, 0.6) is 0 Å².